The first kappa shape index (κ1) is 12.0. The lowest BCUT2D eigenvalue weighted by molar-refractivity contribution is -0.383. The molecule has 16 heavy (non-hydrogen) atoms. The second-order valence-corrected chi connectivity index (χ2v) is 2.73. The summed E-state index contributed by atoms with van der Waals surface area (Å²) < 4.78 is 35.7. The Morgan fingerprint density at radius 3 is 2.38 bits per heavy atom. The van der Waals surface area contributed by atoms with E-state index in [0.29, 0.717) is 0 Å². The Bertz CT molecular complexity index is 431. The molecule has 1 amide bonds. The molecule has 86 valence electrons. The molecule has 1 aromatic carbocycles. The average molecular weight is 234 g/mol. The summed E-state index contributed by atoms with van der Waals surface area (Å²) in [6, 6.07) is 4.56. The van der Waals surface area contributed by atoms with Crippen molar-refractivity contribution in [3.63, 3.8) is 0 Å². The first-order valence-electron chi connectivity index (χ1n) is 3.94. The van der Waals surface area contributed by atoms with Gasteiger partial charge in [0.2, 0.25) is 0 Å². The van der Waals surface area contributed by atoms with E-state index in [1.807, 2.05) is 0 Å². The van der Waals surface area contributed by atoms with Crippen LogP contribution in [-0.4, -0.2) is 17.0 Å². The standard InChI is InChI=1S/C8H5F3N2O3/c9-8(10,11)7(14)12-5-3-1-2-4-6(5)13(15)16/h1-4H,(H,12,14). The maximum absolute atomic E-state index is 11.9. The Morgan fingerprint density at radius 1 is 1.31 bits per heavy atom. The van der Waals surface area contributed by atoms with Gasteiger partial charge in [0, 0.05) is 6.07 Å². The minimum atomic E-state index is -5.08. The molecule has 0 aliphatic rings. The van der Waals surface area contributed by atoms with Crippen LogP contribution in [0.5, 0.6) is 0 Å². The molecule has 0 atom stereocenters. The van der Waals surface area contributed by atoms with Gasteiger partial charge in [0.05, 0.1) is 4.92 Å². The van der Waals surface area contributed by atoms with Crippen molar-refractivity contribution >= 4 is 17.3 Å². The molecule has 1 aromatic rings. The Balaban J connectivity index is 2.98. The molecule has 0 spiro atoms. The van der Waals surface area contributed by atoms with E-state index in [-0.39, 0.29) is 0 Å². The molecular weight excluding hydrogens is 229 g/mol. The van der Waals surface area contributed by atoms with Gasteiger partial charge in [-0.2, -0.15) is 13.2 Å². The van der Waals surface area contributed by atoms with Crippen LogP contribution in [0, 0.1) is 10.1 Å². The highest BCUT2D eigenvalue weighted by Crippen LogP contribution is 2.25. The number of rotatable bonds is 2. The second-order valence-electron chi connectivity index (χ2n) is 2.73. The van der Waals surface area contributed by atoms with Crippen molar-refractivity contribution in [1.82, 2.24) is 0 Å². The van der Waals surface area contributed by atoms with Gasteiger partial charge in [0.25, 0.3) is 5.69 Å². The van der Waals surface area contributed by atoms with Crippen LogP contribution in [0.2, 0.25) is 0 Å². The minimum Gasteiger partial charge on any atom is -0.312 e. The van der Waals surface area contributed by atoms with Crippen LogP contribution < -0.4 is 5.32 Å². The van der Waals surface area contributed by atoms with Gasteiger partial charge in [-0.05, 0) is 6.07 Å². The quantitative estimate of drug-likeness (QED) is 0.629. The Labute approximate surface area is 87.0 Å². The number of nitro benzene ring substituents is 1. The summed E-state index contributed by atoms with van der Waals surface area (Å²) >= 11 is 0. The van der Waals surface area contributed by atoms with Gasteiger partial charge in [0.1, 0.15) is 5.69 Å². The SMILES string of the molecule is O=C(Nc1ccccc1[N+](=O)[O-])C(F)(F)F. The summed E-state index contributed by atoms with van der Waals surface area (Å²) in [4.78, 5) is 20.1. The van der Waals surface area contributed by atoms with Crippen LogP contribution in [0.4, 0.5) is 24.5 Å². The van der Waals surface area contributed by atoms with Gasteiger partial charge < -0.3 is 5.32 Å². The third-order valence-corrected chi connectivity index (χ3v) is 1.61. The van der Waals surface area contributed by atoms with Crippen molar-refractivity contribution in [3.8, 4) is 0 Å². The van der Waals surface area contributed by atoms with Crippen molar-refractivity contribution in [2.45, 2.75) is 6.18 Å². The van der Waals surface area contributed by atoms with E-state index in [1.165, 1.54) is 17.4 Å². The summed E-state index contributed by atoms with van der Waals surface area (Å²) in [5.41, 5.74) is -1.09. The maximum Gasteiger partial charge on any atom is 0.471 e. The summed E-state index contributed by atoms with van der Waals surface area (Å²) in [5, 5.41) is 11.9. The minimum absolute atomic E-state index is 0.491. The lowest BCUT2D eigenvalue weighted by Gasteiger charge is -2.07. The van der Waals surface area contributed by atoms with Gasteiger partial charge in [0.15, 0.2) is 0 Å². The number of nitrogens with zero attached hydrogens (tertiary/aromatic N) is 1. The van der Waals surface area contributed by atoms with E-state index in [0.717, 1.165) is 12.1 Å². The highest BCUT2D eigenvalue weighted by Gasteiger charge is 2.39. The molecule has 0 fully saturated rings. The fourth-order valence-electron chi connectivity index (χ4n) is 0.932. The van der Waals surface area contributed by atoms with Crippen LogP contribution >= 0.6 is 0 Å². The van der Waals surface area contributed by atoms with Gasteiger partial charge >= 0.3 is 12.1 Å². The molecule has 8 heteroatoms. The smallest absolute Gasteiger partial charge is 0.312 e. The van der Waals surface area contributed by atoms with E-state index < -0.39 is 28.4 Å². The molecule has 5 nitrogen and oxygen atoms in total. The number of benzene rings is 1. The summed E-state index contributed by atoms with van der Waals surface area (Å²) in [6.07, 6.45) is -5.08. The van der Waals surface area contributed by atoms with Gasteiger partial charge in [-0.3, -0.25) is 14.9 Å². The number of alkyl halides is 3. The van der Waals surface area contributed by atoms with E-state index in [1.54, 1.807) is 0 Å². The first-order valence-corrected chi connectivity index (χ1v) is 3.94. The fourth-order valence-corrected chi connectivity index (χ4v) is 0.932. The van der Waals surface area contributed by atoms with E-state index >= 15 is 0 Å². The summed E-state index contributed by atoms with van der Waals surface area (Å²) in [5.74, 6) is -2.25. The van der Waals surface area contributed by atoms with E-state index in [2.05, 4.69) is 0 Å². The number of carbonyl (C=O) groups is 1. The van der Waals surface area contributed by atoms with Crippen molar-refractivity contribution < 1.29 is 22.9 Å². The fraction of sp³-hybridized carbons (Fsp3) is 0.125. The third-order valence-electron chi connectivity index (χ3n) is 1.61. The number of carbonyl (C=O) groups excluding carboxylic acids is 1. The molecule has 0 aliphatic carbocycles. The number of para-hydroxylation sites is 2. The zero-order valence-electron chi connectivity index (χ0n) is 7.62. The Kier molecular flexibility index (Phi) is 3.11. The Hall–Kier alpha value is -2.12. The Morgan fingerprint density at radius 2 is 1.88 bits per heavy atom. The average Bonchev–Trinajstić information content (AvgIpc) is 2.16. The van der Waals surface area contributed by atoms with Crippen molar-refractivity contribution in [2.75, 3.05) is 5.32 Å². The monoisotopic (exact) mass is 234 g/mol. The normalized spacial score (nSPS) is 10.9. The number of nitro groups is 1. The molecule has 0 radical (unpaired) electrons. The number of anilines is 1. The van der Waals surface area contributed by atoms with E-state index in [9.17, 15) is 28.1 Å². The first-order chi connectivity index (χ1) is 7.32. The number of hydrogen-bond acceptors (Lipinski definition) is 3. The molecule has 0 saturated carbocycles. The zero-order chi connectivity index (χ0) is 12.3. The van der Waals surface area contributed by atoms with Crippen LogP contribution in [-0.2, 0) is 4.79 Å². The molecule has 0 heterocycles. The molecule has 0 aliphatic heterocycles. The molecule has 0 saturated heterocycles. The van der Waals surface area contributed by atoms with Crippen molar-refractivity contribution in [2.24, 2.45) is 0 Å². The topological polar surface area (TPSA) is 72.2 Å². The number of nitrogens with one attached hydrogen (secondary N) is 1. The largest absolute Gasteiger partial charge is 0.471 e. The molecule has 1 N–H and O–H groups in total. The molecule has 0 aromatic heterocycles. The molecule has 1 rings (SSSR count). The van der Waals surface area contributed by atoms with Crippen molar-refractivity contribution in [3.05, 3.63) is 34.4 Å². The molecule has 0 bridgehead atoms. The van der Waals surface area contributed by atoms with Crippen LogP contribution in [0.25, 0.3) is 0 Å². The highest BCUT2D eigenvalue weighted by atomic mass is 19.4. The third kappa shape index (κ3) is 2.69. The molecular formula is C8H5F3N2O3. The summed E-state index contributed by atoms with van der Waals surface area (Å²) in [6.45, 7) is 0. The maximum atomic E-state index is 11.9. The van der Waals surface area contributed by atoms with Crippen LogP contribution in [0.3, 0.4) is 0 Å². The van der Waals surface area contributed by atoms with Gasteiger partial charge in [-0.25, -0.2) is 0 Å². The predicted octanol–water partition coefficient (Wildman–Crippen LogP) is 2.10. The summed E-state index contributed by atoms with van der Waals surface area (Å²) in [7, 11) is 0. The molecule has 0 unspecified atom stereocenters. The van der Waals surface area contributed by atoms with Crippen molar-refractivity contribution in [1.29, 1.82) is 0 Å². The lowest BCUT2D eigenvalue weighted by Crippen LogP contribution is -2.30. The second kappa shape index (κ2) is 4.17. The van der Waals surface area contributed by atoms with Gasteiger partial charge in [-0.15, -0.1) is 0 Å². The number of hydrogen-bond donors (Lipinski definition) is 1. The predicted molar refractivity (Wildman–Crippen MR) is 47.8 cm³/mol. The van der Waals surface area contributed by atoms with Crippen LogP contribution in [0.1, 0.15) is 0 Å². The van der Waals surface area contributed by atoms with Crippen LogP contribution in [0.15, 0.2) is 24.3 Å². The van der Waals surface area contributed by atoms with Gasteiger partial charge in [-0.1, -0.05) is 12.1 Å². The highest BCUT2D eigenvalue weighted by molar-refractivity contribution is 5.96. The lowest BCUT2D eigenvalue weighted by atomic mass is 10.2. The number of amides is 1. The number of halogens is 3. The zero-order valence-corrected chi connectivity index (χ0v) is 7.62. The van der Waals surface area contributed by atoms with E-state index in [4.69, 9.17) is 0 Å².